The van der Waals surface area contributed by atoms with Crippen LogP contribution in [0.15, 0.2) is 18.2 Å². The van der Waals surface area contributed by atoms with E-state index in [1.165, 1.54) is 23.1 Å². The van der Waals surface area contributed by atoms with E-state index in [4.69, 9.17) is 4.74 Å². The predicted molar refractivity (Wildman–Crippen MR) is 99.1 cm³/mol. The summed E-state index contributed by atoms with van der Waals surface area (Å²) in [6.45, 7) is 5.42. The molecule has 0 radical (unpaired) electrons. The van der Waals surface area contributed by atoms with Gasteiger partial charge in [-0.05, 0) is 56.0 Å². The van der Waals surface area contributed by atoms with Crippen LogP contribution in [0.3, 0.4) is 0 Å². The van der Waals surface area contributed by atoms with Crippen LogP contribution < -0.4 is 5.32 Å². The number of rotatable bonds is 3. The molecule has 134 valence electrons. The molecule has 4 rings (SSSR count). The van der Waals surface area contributed by atoms with Gasteiger partial charge in [0.1, 0.15) is 0 Å². The number of carbonyl (C=O) groups excluding carboxylic acids is 1. The number of morpholine rings is 1. The fourth-order valence-electron chi connectivity index (χ4n) is 4.03. The Hall–Kier alpha value is -1.85. The van der Waals surface area contributed by atoms with E-state index in [1.807, 2.05) is 18.2 Å². The number of nitrogens with one attached hydrogen (secondary N) is 2. The molecule has 2 heterocycles. The van der Waals surface area contributed by atoms with Crippen LogP contribution >= 0.6 is 0 Å². The SMILES string of the molecule is CC1CCc2[nH]c3ccc(C(=O)NCC4CN(C)CCO4)cc3c2C1. The number of hydrogen-bond acceptors (Lipinski definition) is 3. The highest BCUT2D eigenvalue weighted by molar-refractivity contribution is 5.99. The summed E-state index contributed by atoms with van der Waals surface area (Å²) < 4.78 is 5.72. The smallest absolute Gasteiger partial charge is 0.251 e. The number of nitrogens with zero attached hydrogens (tertiary/aromatic N) is 1. The maximum atomic E-state index is 12.6. The molecular formula is C20H27N3O2. The van der Waals surface area contributed by atoms with Gasteiger partial charge < -0.3 is 19.9 Å². The minimum Gasteiger partial charge on any atom is -0.374 e. The summed E-state index contributed by atoms with van der Waals surface area (Å²) in [6, 6.07) is 6.00. The van der Waals surface area contributed by atoms with Gasteiger partial charge in [0, 0.05) is 41.8 Å². The van der Waals surface area contributed by atoms with Crippen molar-refractivity contribution >= 4 is 16.8 Å². The van der Waals surface area contributed by atoms with Crippen LogP contribution in [0, 0.1) is 5.92 Å². The van der Waals surface area contributed by atoms with E-state index in [2.05, 4.69) is 29.2 Å². The zero-order valence-corrected chi connectivity index (χ0v) is 15.1. The Morgan fingerprint density at radius 3 is 3.16 bits per heavy atom. The third kappa shape index (κ3) is 3.44. The number of aromatic nitrogens is 1. The lowest BCUT2D eigenvalue weighted by Crippen LogP contribution is -2.45. The van der Waals surface area contributed by atoms with E-state index in [-0.39, 0.29) is 12.0 Å². The molecule has 1 saturated heterocycles. The number of likely N-dealkylation sites (N-methyl/N-ethyl adjacent to an activating group) is 1. The number of aryl methyl sites for hydroxylation is 1. The molecule has 0 bridgehead atoms. The second-order valence-electron chi connectivity index (χ2n) is 7.66. The first kappa shape index (κ1) is 16.6. The van der Waals surface area contributed by atoms with E-state index >= 15 is 0 Å². The van der Waals surface area contributed by atoms with Crippen molar-refractivity contribution in [1.82, 2.24) is 15.2 Å². The van der Waals surface area contributed by atoms with E-state index < -0.39 is 0 Å². The standard InChI is InChI=1S/C20H27N3O2/c1-13-3-5-18-16(9-13)17-10-14(4-6-19(17)22-18)20(24)21-11-15-12-23(2)7-8-25-15/h4,6,10,13,15,22H,3,5,7-9,11-12H2,1-2H3,(H,21,24). The molecule has 1 amide bonds. The van der Waals surface area contributed by atoms with Crippen LogP contribution in [-0.4, -0.2) is 55.2 Å². The molecule has 2 aromatic rings. The Morgan fingerprint density at radius 2 is 2.32 bits per heavy atom. The average Bonchev–Trinajstić information content (AvgIpc) is 2.97. The molecule has 0 spiro atoms. The molecule has 1 aliphatic heterocycles. The van der Waals surface area contributed by atoms with Crippen molar-refractivity contribution < 1.29 is 9.53 Å². The van der Waals surface area contributed by atoms with Crippen LogP contribution in [0.5, 0.6) is 0 Å². The Morgan fingerprint density at radius 1 is 1.44 bits per heavy atom. The Bertz CT molecular complexity index is 783. The molecule has 2 N–H and O–H groups in total. The molecule has 5 heteroatoms. The van der Waals surface area contributed by atoms with Gasteiger partial charge in [-0.25, -0.2) is 0 Å². The van der Waals surface area contributed by atoms with Crippen LogP contribution in [0.4, 0.5) is 0 Å². The summed E-state index contributed by atoms with van der Waals surface area (Å²) in [5.74, 6) is 0.696. The first-order chi connectivity index (χ1) is 12.1. The molecule has 1 aromatic carbocycles. The van der Waals surface area contributed by atoms with Crippen molar-refractivity contribution in [3.8, 4) is 0 Å². The van der Waals surface area contributed by atoms with Gasteiger partial charge in [0.25, 0.3) is 5.91 Å². The molecule has 5 nitrogen and oxygen atoms in total. The molecule has 25 heavy (non-hydrogen) atoms. The quantitative estimate of drug-likeness (QED) is 0.901. The van der Waals surface area contributed by atoms with Crippen molar-refractivity contribution in [1.29, 1.82) is 0 Å². The van der Waals surface area contributed by atoms with Gasteiger partial charge in [-0.3, -0.25) is 4.79 Å². The number of benzene rings is 1. The number of aromatic amines is 1. The van der Waals surface area contributed by atoms with E-state index in [0.29, 0.717) is 12.5 Å². The third-order valence-corrected chi connectivity index (χ3v) is 5.53. The highest BCUT2D eigenvalue weighted by atomic mass is 16.5. The molecular weight excluding hydrogens is 314 g/mol. The zero-order valence-electron chi connectivity index (χ0n) is 15.1. The van der Waals surface area contributed by atoms with E-state index in [9.17, 15) is 4.79 Å². The topological polar surface area (TPSA) is 57.4 Å². The molecule has 2 atom stereocenters. The van der Waals surface area contributed by atoms with Gasteiger partial charge in [-0.2, -0.15) is 0 Å². The summed E-state index contributed by atoms with van der Waals surface area (Å²) in [7, 11) is 2.08. The Balaban J connectivity index is 1.49. The molecule has 2 unspecified atom stereocenters. The molecule has 2 aliphatic rings. The van der Waals surface area contributed by atoms with Crippen molar-refractivity contribution in [2.45, 2.75) is 32.3 Å². The van der Waals surface area contributed by atoms with Gasteiger partial charge in [0.2, 0.25) is 0 Å². The first-order valence-electron chi connectivity index (χ1n) is 9.32. The second-order valence-corrected chi connectivity index (χ2v) is 7.66. The lowest BCUT2D eigenvalue weighted by atomic mass is 9.87. The highest BCUT2D eigenvalue weighted by Crippen LogP contribution is 2.32. The average molecular weight is 341 g/mol. The minimum absolute atomic E-state index is 0.0162. The van der Waals surface area contributed by atoms with Gasteiger partial charge in [-0.1, -0.05) is 6.92 Å². The van der Waals surface area contributed by atoms with Crippen LogP contribution in [0.1, 0.15) is 35.0 Å². The largest absolute Gasteiger partial charge is 0.374 e. The van der Waals surface area contributed by atoms with Crippen LogP contribution in [0.2, 0.25) is 0 Å². The minimum atomic E-state index is -0.0162. The lowest BCUT2D eigenvalue weighted by molar-refractivity contribution is -0.0175. The van der Waals surface area contributed by atoms with Gasteiger partial charge in [0.05, 0.1) is 12.7 Å². The molecule has 1 aromatic heterocycles. The molecule has 1 fully saturated rings. The van der Waals surface area contributed by atoms with Crippen molar-refractivity contribution in [2.24, 2.45) is 5.92 Å². The van der Waals surface area contributed by atoms with Crippen molar-refractivity contribution in [3.63, 3.8) is 0 Å². The summed E-state index contributed by atoms with van der Waals surface area (Å²) in [5, 5.41) is 4.25. The fraction of sp³-hybridized carbons (Fsp3) is 0.550. The normalized spacial score (nSPS) is 24.2. The summed E-state index contributed by atoms with van der Waals surface area (Å²) in [6.07, 6.45) is 3.53. The van der Waals surface area contributed by atoms with Gasteiger partial charge >= 0.3 is 0 Å². The Labute approximate surface area is 148 Å². The predicted octanol–water partition coefficient (Wildman–Crippen LogP) is 2.35. The number of amides is 1. The van der Waals surface area contributed by atoms with Gasteiger partial charge in [-0.15, -0.1) is 0 Å². The molecule has 0 saturated carbocycles. The zero-order chi connectivity index (χ0) is 17.4. The number of hydrogen-bond donors (Lipinski definition) is 2. The number of ether oxygens (including phenoxy) is 1. The van der Waals surface area contributed by atoms with E-state index in [0.717, 1.165) is 43.6 Å². The van der Waals surface area contributed by atoms with Gasteiger partial charge in [0.15, 0.2) is 0 Å². The summed E-state index contributed by atoms with van der Waals surface area (Å²) in [5.41, 5.74) is 4.63. The van der Waals surface area contributed by atoms with Crippen LogP contribution in [0.25, 0.3) is 10.9 Å². The molecule has 1 aliphatic carbocycles. The summed E-state index contributed by atoms with van der Waals surface area (Å²) >= 11 is 0. The maximum absolute atomic E-state index is 12.6. The van der Waals surface area contributed by atoms with Crippen LogP contribution in [-0.2, 0) is 17.6 Å². The lowest BCUT2D eigenvalue weighted by Gasteiger charge is -2.30. The number of carbonyl (C=O) groups is 1. The number of H-pyrrole nitrogens is 1. The fourth-order valence-corrected chi connectivity index (χ4v) is 4.03. The number of fused-ring (bicyclic) bond motifs is 3. The van der Waals surface area contributed by atoms with Crippen molar-refractivity contribution in [2.75, 3.05) is 33.3 Å². The third-order valence-electron chi connectivity index (χ3n) is 5.53. The van der Waals surface area contributed by atoms with Crippen molar-refractivity contribution in [3.05, 3.63) is 35.0 Å². The van der Waals surface area contributed by atoms with E-state index in [1.54, 1.807) is 0 Å². The second kappa shape index (κ2) is 6.81. The Kier molecular flexibility index (Phi) is 4.52. The summed E-state index contributed by atoms with van der Waals surface area (Å²) in [4.78, 5) is 18.3. The highest BCUT2D eigenvalue weighted by Gasteiger charge is 2.21. The monoisotopic (exact) mass is 341 g/mol. The first-order valence-corrected chi connectivity index (χ1v) is 9.32. The maximum Gasteiger partial charge on any atom is 0.251 e.